The van der Waals surface area contributed by atoms with Crippen LogP contribution < -0.4 is 0 Å². The van der Waals surface area contributed by atoms with Gasteiger partial charge in [-0.25, -0.2) is 0 Å². The lowest BCUT2D eigenvalue weighted by atomic mass is 10.0. The van der Waals surface area contributed by atoms with Crippen LogP contribution in [-0.4, -0.2) is 24.4 Å². The van der Waals surface area contributed by atoms with E-state index in [0.29, 0.717) is 0 Å². The third-order valence-electron chi connectivity index (χ3n) is 1.98. The van der Waals surface area contributed by atoms with Crippen LogP contribution in [0.1, 0.15) is 19.3 Å². The van der Waals surface area contributed by atoms with Crippen molar-refractivity contribution in [3.05, 3.63) is 0 Å². The average molecular weight is 132 g/mol. The number of aliphatic hydroxyl groups is 2. The first kappa shape index (κ1) is 8.92. The maximum absolute atomic E-state index is 7.00. The van der Waals surface area contributed by atoms with E-state index in [0.717, 1.165) is 14.2 Å². The van der Waals surface area contributed by atoms with Crippen molar-refractivity contribution >= 4 is 0 Å². The molecule has 56 valence electrons. The summed E-state index contributed by atoms with van der Waals surface area (Å²) in [5.74, 6) is 2.46. The van der Waals surface area contributed by atoms with Gasteiger partial charge in [-0.2, -0.15) is 0 Å². The van der Waals surface area contributed by atoms with Crippen molar-refractivity contribution in [3.8, 4) is 0 Å². The van der Waals surface area contributed by atoms with Crippen molar-refractivity contribution in [1.82, 2.24) is 0 Å². The minimum absolute atomic E-state index is 1.00. The second-order valence-electron chi connectivity index (χ2n) is 2.33. The maximum atomic E-state index is 7.00. The van der Waals surface area contributed by atoms with E-state index in [-0.39, 0.29) is 0 Å². The van der Waals surface area contributed by atoms with Crippen LogP contribution in [0.5, 0.6) is 0 Å². The first-order valence-corrected chi connectivity index (χ1v) is 3.36. The zero-order valence-electron chi connectivity index (χ0n) is 6.17. The predicted octanol–water partition coefficient (Wildman–Crippen LogP) is 0.633. The molecule has 2 heteroatoms. The molecule has 0 amide bonds. The fraction of sp³-hybridized carbons (Fsp3) is 1.00. The molecule has 9 heavy (non-hydrogen) atoms. The smallest absolute Gasteiger partial charge is 0.0319 e. The van der Waals surface area contributed by atoms with Crippen LogP contribution in [0, 0.1) is 11.8 Å². The summed E-state index contributed by atoms with van der Waals surface area (Å²) in [5.41, 5.74) is 0. The van der Waals surface area contributed by atoms with E-state index in [1.807, 2.05) is 0 Å². The van der Waals surface area contributed by atoms with E-state index in [1.54, 1.807) is 19.3 Å². The van der Waals surface area contributed by atoms with Gasteiger partial charge in [0.25, 0.3) is 0 Å². The summed E-state index contributed by atoms with van der Waals surface area (Å²) in [4.78, 5) is 0. The topological polar surface area (TPSA) is 40.5 Å². The normalized spacial score (nSPS) is 33.3. The monoisotopic (exact) mass is 132 g/mol. The molecule has 0 aromatic heterocycles. The van der Waals surface area contributed by atoms with Gasteiger partial charge in [-0.1, -0.05) is 0 Å². The number of hydrogen-bond donors (Lipinski definition) is 2. The van der Waals surface area contributed by atoms with Gasteiger partial charge in [-0.05, 0) is 31.1 Å². The van der Waals surface area contributed by atoms with Gasteiger partial charge in [0.2, 0.25) is 0 Å². The van der Waals surface area contributed by atoms with Crippen LogP contribution in [0.3, 0.4) is 0 Å². The quantitative estimate of drug-likeness (QED) is 0.507. The molecule has 0 saturated heterocycles. The molecule has 0 heterocycles. The highest BCUT2D eigenvalue weighted by atomic mass is 16.2. The summed E-state index contributed by atoms with van der Waals surface area (Å²) >= 11 is 0. The van der Waals surface area contributed by atoms with Crippen molar-refractivity contribution < 1.29 is 10.2 Å². The highest BCUT2D eigenvalue weighted by Crippen LogP contribution is 2.55. The summed E-state index contributed by atoms with van der Waals surface area (Å²) < 4.78 is 0. The largest absolute Gasteiger partial charge is 0.400 e. The van der Waals surface area contributed by atoms with Gasteiger partial charge in [0.05, 0.1) is 0 Å². The van der Waals surface area contributed by atoms with Crippen molar-refractivity contribution in [2.24, 2.45) is 11.8 Å². The van der Waals surface area contributed by atoms with Crippen LogP contribution in [-0.2, 0) is 0 Å². The molecule has 2 atom stereocenters. The van der Waals surface area contributed by atoms with Gasteiger partial charge in [-0.15, -0.1) is 0 Å². The molecule has 2 nitrogen and oxygen atoms in total. The second kappa shape index (κ2) is 4.77. The molecule has 0 aromatic carbocycles. The van der Waals surface area contributed by atoms with Gasteiger partial charge >= 0.3 is 0 Å². The third-order valence-corrected chi connectivity index (χ3v) is 1.98. The number of hydrogen-bond acceptors (Lipinski definition) is 2. The molecular weight excluding hydrogens is 116 g/mol. The Bertz CT molecular complexity index is 51.9. The van der Waals surface area contributed by atoms with Crippen molar-refractivity contribution in [2.45, 2.75) is 19.3 Å². The summed E-state index contributed by atoms with van der Waals surface area (Å²) in [7, 11) is 2.00. The van der Waals surface area contributed by atoms with Gasteiger partial charge in [0, 0.05) is 14.2 Å². The Balaban J connectivity index is 0.000000143. The molecular formula is C7H16O2. The Morgan fingerprint density at radius 3 is 1.22 bits per heavy atom. The summed E-state index contributed by atoms with van der Waals surface area (Å²) in [6, 6.07) is 0. The Morgan fingerprint density at radius 1 is 0.889 bits per heavy atom. The summed E-state index contributed by atoms with van der Waals surface area (Å²) in [5, 5.41) is 14.0. The lowest BCUT2D eigenvalue weighted by Crippen LogP contribution is -1.93. The molecule has 2 aliphatic rings. The first-order valence-electron chi connectivity index (χ1n) is 3.36. The van der Waals surface area contributed by atoms with E-state index in [1.165, 1.54) is 11.8 Å². The molecule has 0 aliphatic heterocycles. The lowest BCUT2D eigenvalue weighted by Gasteiger charge is -2.04. The molecule has 2 N–H and O–H groups in total. The van der Waals surface area contributed by atoms with Crippen LogP contribution in [0.25, 0.3) is 0 Å². The second-order valence-corrected chi connectivity index (χ2v) is 2.33. The molecule has 2 fully saturated rings. The van der Waals surface area contributed by atoms with Crippen molar-refractivity contribution in [1.29, 1.82) is 0 Å². The molecule has 0 aromatic rings. The van der Waals surface area contributed by atoms with E-state index in [9.17, 15) is 0 Å². The Kier molecular flexibility index (Phi) is 4.72. The van der Waals surface area contributed by atoms with Crippen LogP contribution >= 0.6 is 0 Å². The SMILES string of the molecule is C1CC2CC12.CO.CO. The Labute approximate surface area is 56.5 Å². The van der Waals surface area contributed by atoms with Crippen LogP contribution in [0.4, 0.5) is 0 Å². The van der Waals surface area contributed by atoms with Crippen molar-refractivity contribution in [3.63, 3.8) is 0 Å². The Hall–Kier alpha value is -0.0800. The van der Waals surface area contributed by atoms with E-state index in [4.69, 9.17) is 10.2 Å². The molecule has 0 radical (unpaired) electrons. The van der Waals surface area contributed by atoms with Crippen LogP contribution in [0.15, 0.2) is 0 Å². The fourth-order valence-electron chi connectivity index (χ4n) is 1.18. The zero-order valence-corrected chi connectivity index (χ0v) is 6.17. The van der Waals surface area contributed by atoms with E-state index in [2.05, 4.69) is 0 Å². The zero-order chi connectivity index (χ0) is 7.28. The summed E-state index contributed by atoms with van der Waals surface area (Å²) in [6.45, 7) is 0. The highest BCUT2D eigenvalue weighted by Gasteiger charge is 2.44. The number of fused-ring (bicyclic) bond motifs is 1. The van der Waals surface area contributed by atoms with Gasteiger partial charge in [0.15, 0.2) is 0 Å². The average Bonchev–Trinajstić information content (AvgIpc) is 2.49. The molecule has 0 bridgehead atoms. The maximum Gasteiger partial charge on any atom is 0.0319 e. The van der Waals surface area contributed by atoms with Gasteiger partial charge in [-0.3, -0.25) is 0 Å². The van der Waals surface area contributed by atoms with E-state index >= 15 is 0 Å². The summed E-state index contributed by atoms with van der Waals surface area (Å²) in [6.07, 6.45) is 4.70. The standard InChI is InChI=1S/C5H8.2CH4O/c1-2-5-3-4(1)5;2*1-2/h4-5H,1-3H2;2*2H,1H3. The molecule has 0 spiro atoms. The highest BCUT2D eigenvalue weighted by molar-refractivity contribution is 4.95. The minimum Gasteiger partial charge on any atom is -0.400 e. The predicted molar refractivity (Wildman–Crippen MR) is 37.1 cm³/mol. The Morgan fingerprint density at radius 2 is 1.22 bits per heavy atom. The van der Waals surface area contributed by atoms with Gasteiger partial charge < -0.3 is 10.2 Å². The van der Waals surface area contributed by atoms with E-state index < -0.39 is 0 Å². The molecule has 2 aliphatic carbocycles. The molecule has 2 rings (SSSR count). The van der Waals surface area contributed by atoms with Gasteiger partial charge in [0.1, 0.15) is 0 Å². The number of aliphatic hydroxyl groups excluding tert-OH is 2. The fourth-order valence-corrected chi connectivity index (χ4v) is 1.18. The van der Waals surface area contributed by atoms with Crippen LogP contribution in [0.2, 0.25) is 0 Å². The molecule has 2 saturated carbocycles. The first-order chi connectivity index (χ1) is 4.47. The third kappa shape index (κ3) is 2.33. The minimum atomic E-state index is 1.00. The molecule has 2 unspecified atom stereocenters. The number of rotatable bonds is 0. The lowest BCUT2D eigenvalue weighted by molar-refractivity contribution is 0.399. The van der Waals surface area contributed by atoms with Crippen molar-refractivity contribution in [2.75, 3.05) is 14.2 Å².